The van der Waals surface area contributed by atoms with E-state index in [1.165, 1.54) is 199 Å². The van der Waals surface area contributed by atoms with E-state index >= 15 is 0 Å². The molecular weight excluding hydrogens is 1750 g/mol. The second-order valence-electron chi connectivity index (χ2n) is 41.1. The van der Waals surface area contributed by atoms with Crippen LogP contribution in [-0.4, -0.2) is 0 Å². The second kappa shape index (κ2) is 34.2. The van der Waals surface area contributed by atoms with Gasteiger partial charge in [0.15, 0.2) is 0 Å². The maximum atomic E-state index is 6.14. The first-order valence-electron chi connectivity index (χ1n) is 50.5. The van der Waals surface area contributed by atoms with Crippen LogP contribution < -0.4 is 9.80 Å². The fourth-order valence-corrected chi connectivity index (χ4v) is 23.5. The summed E-state index contributed by atoms with van der Waals surface area (Å²) in [6.45, 7) is 14.4. The summed E-state index contributed by atoms with van der Waals surface area (Å²) in [5.74, 6) is 0. The van der Waals surface area contributed by atoms with Crippen LogP contribution in [-0.2, 0) is 16.2 Å². The molecule has 0 saturated carbocycles. The van der Waals surface area contributed by atoms with Gasteiger partial charge in [0.1, 0.15) is 22.3 Å². The van der Waals surface area contributed by atoms with Gasteiger partial charge in [0.2, 0.25) is 0 Å². The molecule has 3 aliphatic rings. The van der Waals surface area contributed by atoms with Gasteiger partial charge in [-0.3, -0.25) is 0 Å². The quantitative estimate of drug-likeness (QED) is 0.102. The lowest BCUT2D eigenvalue weighted by Crippen LogP contribution is -2.18. The molecule has 0 atom stereocenters. The molecule has 23 aromatic carbocycles. The minimum atomic E-state index is -0.225. The molecule has 0 N–H and O–H groups in total. The number of benzene rings is 23. The van der Waals surface area contributed by atoms with E-state index in [1.807, 2.05) is 24.3 Å². The Morgan fingerprint density at radius 3 is 0.655 bits per heavy atom. The van der Waals surface area contributed by atoms with Crippen LogP contribution >= 0.6 is 0 Å². The molecule has 145 heavy (non-hydrogen) atoms. The molecule has 28 rings (SSSR count). The van der Waals surface area contributed by atoms with Crippen LogP contribution in [0.4, 0.5) is 34.1 Å². The monoisotopic (exact) mass is 1850 g/mol. The molecule has 0 aliphatic heterocycles. The zero-order valence-electron chi connectivity index (χ0n) is 81.6. The lowest BCUT2D eigenvalue weighted by atomic mass is 9.81. The zero-order chi connectivity index (χ0) is 96.9. The Labute approximate surface area is 845 Å². The van der Waals surface area contributed by atoms with Crippen molar-refractivity contribution in [2.24, 2.45) is 0 Å². The van der Waals surface area contributed by atoms with E-state index in [-0.39, 0.29) is 16.2 Å². The molecule has 2 heterocycles. The number of hydrogen-bond acceptors (Lipinski definition) is 4. The van der Waals surface area contributed by atoms with Gasteiger partial charge in [0.25, 0.3) is 0 Å². The number of para-hydroxylation sites is 2. The van der Waals surface area contributed by atoms with E-state index in [0.717, 1.165) is 78.0 Å². The van der Waals surface area contributed by atoms with Crippen molar-refractivity contribution in [3.63, 3.8) is 0 Å². The van der Waals surface area contributed by atoms with Crippen molar-refractivity contribution in [3.05, 3.63) is 531 Å². The minimum absolute atomic E-state index is 0.205. The van der Waals surface area contributed by atoms with E-state index < -0.39 is 0 Å². The average molecular weight is 1850 g/mol. The van der Waals surface area contributed by atoms with E-state index in [1.54, 1.807) is 0 Å². The second-order valence-corrected chi connectivity index (χ2v) is 41.1. The number of hydrogen-bond donors (Lipinski definition) is 0. The van der Waals surface area contributed by atoms with Crippen LogP contribution in [0, 0.1) is 0 Å². The Morgan fingerprint density at radius 1 is 0.138 bits per heavy atom. The largest absolute Gasteiger partial charge is 0.456 e. The van der Waals surface area contributed by atoms with Gasteiger partial charge < -0.3 is 18.6 Å². The third-order valence-corrected chi connectivity index (χ3v) is 31.6. The zero-order valence-corrected chi connectivity index (χ0v) is 81.6. The fraction of sp³-hybridized carbons (Fsp3) is 0.0638. The lowest BCUT2D eigenvalue weighted by molar-refractivity contribution is 0.660. The minimum Gasteiger partial charge on any atom is -0.456 e. The van der Waals surface area contributed by atoms with Gasteiger partial charge in [-0.1, -0.05) is 393 Å². The third-order valence-electron chi connectivity index (χ3n) is 31.6. The summed E-state index contributed by atoms with van der Waals surface area (Å²) in [5.41, 5.74) is 47.4. The predicted octanol–water partition coefficient (Wildman–Crippen LogP) is 39.5. The van der Waals surface area contributed by atoms with Crippen molar-refractivity contribution in [2.45, 2.75) is 57.8 Å². The first-order valence-corrected chi connectivity index (χ1v) is 50.5. The summed E-state index contributed by atoms with van der Waals surface area (Å²) < 4.78 is 12.2. The average Bonchev–Trinajstić information content (AvgIpc) is 1.57. The highest BCUT2D eigenvalue weighted by Crippen LogP contribution is 2.57. The van der Waals surface area contributed by atoms with E-state index in [4.69, 9.17) is 8.83 Å². The van der Waals surface area contributed by atoms with Gasteiger partial charge in [0.05, 0.1) is 0 Å². The SMILES string of the molecule is CC1(C)c2cc(-c3ccc4ccccc4c3)ccc2-c2ccc(N(c3ccc(-c4ccc(-c5ccc6oc7ccccc7c6c5)cc4)cc3)c3ccc4c(c3)C(C)(C)c3cc(-c5ccc6ccccc6c5)ccc3-4)cc21.CC1(C)c2cc(-c3ccc4ccccc4c3)ccc2-c2ccc(N(c3ccc(-c4ccc(-c5ccccc5)cc4)cc3)c3ccc(-c4ccc(-c5ccc6oc7ccccc7c6c5)cc4)cc3)cc21. The molecule has 686 valence electrons. The highest BCUT2D eigenvalue weighted by atomic mass is 16.3. The number of nitrogens with zero attached hydrogens (tertiary/aromatic N) is 2. The molecule has 25 aromatic rings. The van der Waals surface area contributed by atoms with Crippen molar-refractivity contribution in [2.75, 3.05) is 9.80 Å². The van der Waals surface area contributed by atoms with Gasteiger partial charge in [-0.15, -0.1) is 0 Å². The van der Waals surface area contributed by atoms with Gasteiger partial charge >= 0.3 is 0 Å². The summed E-state index contributed by atoms with van der Waals surface area (Å²) in [6, 6.07) is 183. The number of fused-ring (bicyclic) bond motifs is 18. The highest BCUT2D eigenvalue weighted by molar-refractivity contribution is 6.08. The van der Waals surface area contributed by atoms with Crippen molar-refractivity contribution in [1.82, 2.24) is 0 Å². The normalized spacial score (nSPS) is 13.2. The summed E-state index contributed by atoms with van der Waals surface area (Å²) >= 11 is 0. The molecule has 0 saturated heterocycles. The van der Waals surface area contributed by atoms with Crippen LogP contribution in [0.3, 0.4) is 0 Å². The van der Waals surface area contributed by atoms with Crippen LogP contribution in [0.15, 0.2) is 506 Å². The molecular formula is C141H100N2O2. The molecule has 0 fully saturated rings. The summed E-state index contributed by atoms with van der Waals surface area (Å²) in [5, 5.41) is 12.1. The fourth-order valence-electron chi connectivity index (χ4n) is 23.5. The molecule has 0 bridgehead atoms. The predicted molar refractivity (Wildman–Crippen MR) is 611 cm³/mol. The molecule has 4 nitrogen and oxygen atoms in total. The van der Waals surface area contributed by atoms with Crippen molar-refractivity contribution < 1.29 is 8.83 Å². The topological polar surface area (TPSA) is 32.8 Å². The first kappa shape index (κ1) is 86.2. The van der Waals surface area contributed by atoms with Gasteiger partial charge in [-0.05, 0) is 345 Å². The summed E-state index contributed by atoms with van der Waals surface area (Å²) in [7, 11) is 0. The molecule has 0 spiro atoms. The highest BCUT2D eigenvalue weighted by Gasteiger charge is 2.41. The van der Waals surface area contributed by atoms with E-state index in [0.29, 0.717) is 0 Å². The maximum Gasteiger partial charge on any atom is 0.135 e. The molecule has 0 unspecified atom stereocenters. The summed E-state index contributed by atoms with van der Waals surface area (Å²) in [6.07, 6.45) is 0. The van der Waals surface area contributed by atoms with Crippen LogP contribution in [0.1, 0.15) is 74.9 Å². The van der Waals surface area contributed by atoms with Crippen LogP contribution in [0.25, 0.3) is 210 Å². The third kappa shape index (κ3) is 15.0. The van der Waals surface area contributed by atoms with Gasteiger partial charge in [-0.2, -0.15) is 0 Å². The standard InChI is InChI=1S/C74H53NO.C67H47NO/c1-73(2)67-42-56(53-23-21-46-11-5-7-13-51(46)39-53)27-34-61(67)63-36-32-59(44-69(63)73)75(58-30-25-49(26-31-58)48-17-19-50(20-18-48)55-29-38-72-66(41-55)65-15-9-10-16-71(65)76-72)60-33-37-64-62-35-28-57(43-68(62)74(3,4)70(64)45-60)54-24-22-47-12-6-8-14-52(47)40-54;1-67(2)63-42-55(53-25-24-45-12-6-7-13-52(45)40-53)30-37-59(63)60-38-36-58(43-64(60)67)68(56-32-26-49(27-33-56)47-18-16-46(17-19-47)44-10-4-3-5-11-44)57-34-28-50(29-35-57)48-20-22-51(23-21-48)54-31-39-66-62(41-54)61-14-8-9-15-65(61)69-66/h5-45H,1-4H3;3-43H,1-2H3. The Morgan fingerprint density at radius 2 is 0.338 bits per heavy atom. The number of furan rings is 2. The Hall–Kier alpha value is -18.0. The molecule has 0 radical (unpaired) electrons. The van der Waals surface area contributed by atoms with Gasteiger partial charge in [0, 0.05) is 71.9 Å². The van der Waals surface area contributed by atoms with Crippen molar-refractivity contribution in [1.29, 1.82) is 0 Å². The molecule has 2 aromatic heterocycles. The van der Waals surface area contributed by atoms with Crippen molar-refractivity contribution in [3.8, 4) is 134 Å². The van der Waals surface area contributed by atoms with Crippen LogP contribution in [0.2, 0.25) is 0 Å². The Bertz CT molecular complexity index is 9300. The van der Waals surface area contributed by atoms with Crippen LogP contribution in [0.5, 0.6) is 0 Å². The van der Waals surface area contributed by atoms with Crippen molar-refractivity contribution >= 4 is 110 Å². The van der Waals surface area contributed by atoms with E-state index in [2.05, 4.69) is 525 Å². The Kier molecular flexibility index (Phi) is 20.3. The Balaban J connectivity index is 0.000000145. The maximum absolute atomic E-state index is 6.14. The first-order chi connectivity index (χ1) is 71.0. The van der Waals surface area contributed by atoms with Gasteiger partial charge in [-0.25, -0.2) is 0 Å². The smallest absolute Gasteiger partial charge is 0.135 e. The van der Waals surface area contributed by atoms with E-state index in [9.17, 15) is 0 Å². The molecule has 0 amide bonds. The number of rotatable bonds is 15. The molecule has 3 aliphatic carbocycles. The molecule has 4 heteroatoms. The number of anilines is 6. The summed E-state index contributed by atoms with van der Waals surface area (Å²) in [4.78, 5) is 4.88. The lowest BCUT2D eigenvalue weighted by Gasteiger charge is -2.30.